The molecule has 7 nitrogen and oxygen atoms in total. The molecule has 23 heavy (non-hydrogen) atoms. The number of carbonyl (C=O) groups is 1. The number of carbonyl (C=O) groups excluding carboxylic acids is 1. The summed E-state index contributed by atoms with van der Waals surface area (Å²) in [5, 5.41) is 7.17. The van der Waals surface area contributed by atoms with Gasteiger partial charge in [-0.3, -0.25) is 0 Å². The van der Waals surface area contributed by atoms with Crippen molar-refractivity contribution in [3.63, 3.8) is 0 Å². The molecular weight excluding hydrogens is 296 g/mol. The van der Waals surface area contributed by atoms with E-state index in [1.54, 1.807) is 11.7 Å². The topological polar surface area (TPSA) is 78.3 Å². The van der Waals surface area contributed by atoms with E-state index in [1.165, 1.54) is 7.11 Å². The summed E-state index contributed by atoms with van der Waals surface area (Å²) in [5.74, 6) is 0.992. The molecule has 0 saturated carbocycles. The molecule has 1 N–H and O–H groups in total. The van der Waals surface area contributed by atoms with Crippen LogP contribution in [-0.2, 0) is 27.7 Å². The highest BCUT2D eigenvalue weighted by molar-refractivity contribution is 5.75. The third-order valence-corrected chi connectivity index (χ3v) is 3.45. The molecule has 2 aromatic rings. The summed E-state index contributed by atoms with van der Waals surface area (Å²) in [6.07, 6.45) is -0.108. The second kappa shape index (κ2) is 7.73. The first-order chi connectivity index (χ1) is 11.1. The van der Waals surface area contributed by atoms with Crippen LogP contribution in [0.1, 0.15) is 12.5 Å². The van der Waals surface area contributed by atoms with E-state index in [4.69, 9.17) is 9.47 Å². The molecule has 2 rings (SSSR count). The Balaban J connectivity index is 2.15. The quantitative estimate of drug-likeness (QED) is 0.782. The molecule has 0 spiro atoms. The Bertz CT molecular complexity index is 652. The second-order valence-electron chi connectivity index (χ2n) is 5.00. The molecule has 0 unspecified atom stereocenters. The van der Waals surface area contributed by atoms with Crippen molar-refractivity contribution in [1.29, 1.82) is 0 Å². The third-order valence-electron chi connectivity index (χ3n) is 3.45. The van der Waals surface area contributed by atoms with E-state index in [1.807, 2.05) is 38.2 Å². The predicted molar refractivity (Wildman–Crippen MR) is 87.1 cm³/mol. The van der Waals surface area contributed by atoms with E-state index < -0.39 is 6.10 Å². The van der Waals surface area contributed by atoms with Gasteiger partial charge in [0.15, 0.2) is 11.9 Å². The normalized spacial score (nSPS) is 12.0. The summed E-state index contributed by atoms with van der Waals surface area (Å²) in [7, 11) is 4.99. The molecule has 0 aliphatic carbocycles. The van der Waals surface area contributed by atoms with Crippen molar-refractivity contribution >= 4 is 11.9 Å². The zero-order chi connectivity index (χ0) is 16.8. The fraction of sp³-hybridized carbons (Fsp3) is 0.438. The maximum Gasteiger partial charge on any atom is 0.335 e. The first kappa shape index (κ1) is 17.0. The largest absolute Gasteiger partial charge is 0.467 e. The highest BCUT2D eigenvalue weighted by atomic mass is 16.6. The Labute approximate surface area is 135 Å². The minimum Gasteiger partial charge on any atom is -0.467 e. The van der Waals surface area contributed by atoms with Crippen LogP contribution in [0.4, 0.5) is 5.95 Å². The van der Waals surface area contributed by atoms with Crippen LogP contribution in [0, 0.1) is 0 Å². The van der Waals surface area contributed by atoms with Crippen molar-refractivity contribution < 1.29 is 14.3 Å². The lowest BCUT2D eigenvalue weighted by molar-refractivity contribution is -0.153. The van der Waals surface area contributed by atoms with Crippen molar-refractivity contribution in [3.05, 3.63) is 29.8 Å². The van der Waals surface area contributed by atoms with E-state index in [9.17, 15) is 4.79 Å². The maximum absolute atomic E-state index is 11.7. The Hall–Kier alpha value is -2.41. The van der Waals surface area contributed by atoms with Gasteiger partial charge in [-0.25, -0.2) is 9.48 Å². The number of ether oxygens (including phenoxy) is 2. The lowest BCUT2D eigenvalue weighted by Gasteiger charge is -2.14. The number of methoxy groups -OCH3 is 1. The van der Waals surface area contributed by atoms with Crippen LogP contribution < -0.4 is 5.32 Å². The number of aromatic nitrogens is 3. The standard InChI is InChI=1S/C16H22N4O3/c1-5-23-13(15(21)22-4)10-11-6-8-12(9-7-11)14-18-16(17-2)19-20(14)3/h6-9,13H,5,10H2,1-4H3,(H,17,19)/t13-/m0/s1. The zero-order valence-electron chi connectivity index (χ0n) is 13.9. The summed E-state index contributed by atoms with van der Waals surface area (Å²) in [6.45, 7) is 2.32. The average Bonchev–Trinajstić information content (AvgIpc) is 2.95. The van der Waals surface area contributed by atoms with Gasteiger partial charge in [0.25, 0.3) is 0 Å². The van der Waals surface area contributed by atoms with Gasteiger partial charge in [0.05, 0.1) is 7.11 Å². The molecule has 0 bridgehead atoms. The number of aryl methyl sites for hydroxylation is 1. The molecule has 0 fully saturated rings. The number of hydrogen-bond donors (Lipinski definition) is 1. The fourth-order valence-corrected chi connectivity index (χ4v) is 2.29. The van der Waals surface area contributed by atoms with Gasteiger partial charge in [0, 0.05) is 32.7 Å². The molecule has 1 atom stereocenters. The average molecular weight is 318 g/mol. The summed E-state index contributed by atoms with van der Waals surface area (Å²) in [6, 6.07) is 7.83. The van der Waals surface area contributed by atoms with Crippen LogP contribution in [0.2, 0.25) is 0 Å². The molecule has 1 aromatic heterocycles. The van der Waals surface area contributed by atoms with Crippen LogP contribution in [0.3, 0.4) is 0 Å². The summed E-state index contributed by atoms with van der Waals surface area (Å²) in [4.78, 5) is 16.1. The lowest BCUT2D eigenvalue weighted by Crippen LogP contribution is -2.28. The predicted octanol–water partition coefficient (Wildman–Crippen LogP) is 1.64. The molecule has 7 heteroatoms. The maximum atomic E-state index is 11.7. The van der Waals surface area contributed by atoms with Crippen molar-refractivity contribution in [1.82, 2.24) is 14.8 Å². The van der Waals surface area contributed by atoms with Gasteiger partial charge in [-0.2, -0.15) is 4.98 Å². The van der Waals surface area contributed by atoms with Gasteiger partial charge >= 0.3 is 5.97 Å². The number of benzene rings is 1. The van der Waals surface area contributed by atoms with E-state index in [0.29, 0.717) is 19.0 Å². The first-order valence-electron chi connectivity index (χ1n) is 7.46. The van der Waals surface area contributed by atoms with Crippen LogP contribution in [-0.4, -0.2) is 47.6 Å². The lowest BCUT2D eigenvalue weighted by atomic mass is 10.1. The number of esters is 1. The van der Waals surface area contributed by atoms with Gasteiger partial charge in [-0.1, -0.05) is 24.3 Å². The molecular formula is C16H22N4O3. The molecule has 124 valence electrons. The second-order valence-corrected chi connectivity index (χ2v) is 5.00. The third kappa shape index (κ3) is 4.07. The van der Waals surface area contributed by atoms with Crippen molar-refractivity contribution in [2.45, 2.75) is 19.4 Å². The SMILES string of the molecule is CCO[C@@H](Cc1ccc(-c2nc(NC)nn2C)cc1)C(=O)OC. The molecule has 1 aromatic carbocycles. The zero-order valence-corrected chi connectivity index (χ0v) is 13.9. The highest BCUT2D eigenvalue weighted by Crippen LogP contribution is 2.19. The number of hydrogen-bond acceptors (Lipinski definition) is 6. The van der Waals surface area contributed by atoms with E-state index in [-0.39, 0.29) is 5.97 Å². The van der Waals surface area contributed by atoms with E-state index >= 15 is 0 Å². The molecule has 1 heterocycles. The van der Waals surface area contributed by atoms with Crippen LogP contribution in [0.15, 0.2) is 24.3 Å². The first-order valence-corrected chi connectivity index (χ1v) is 7.46. The minimum absolute atomic E-state index is 0.358. The van der Waals surface area contributed by atoms with Gasteiger partial charge in [-0.15, -0.1) is 5.10 Å². The fourth-order valence-electron chi connectivity index (χ4n) is 2.29. The highest BCUT2D eigenvalue weighted by Gasteiger charge is 2.20. The number of rotatable bonds is 7. The summed E-state index contributed by atoms with van der Waals surface area (Å²) in [5.41, 5.74) is 1.95. The van der Waals surface area contributed by atoms with Crippen LogP contribution in [0.5, 0.6) is 0 Å². The summed E-state index contributed by atoms with van der Waals surface area (Å²) < 4.78 is 11.9. The molecule has 0 aliphatic rings. The monoisotopic (exact) mass is 318 g/mol. The van der Waals surface area contributed by atoms with Crippen LogP contribution in [0.25, 0.3) is 11.4 Å². The van der Waals surface area contributed by atoms with Gasteiger partial charge < -0.3 is 14.8 Å². The minimum atomic E-state index is -0.582. The molecule has 0 amide bonds. The molecule has 0 aliphatic heterocycles. The Morgan fingerprint density at radius 3 is 2.57 bits per heavy atom. The van der Waals surface area contributed by atoms with Gasteiger partial charge in [0.1, 0.15) is 0 Å². The number of anilines is 1. The van der Waals surface area contributed by atoms with Crippen molar-refractivity contribution in [2.75, 3.05) is 26.1 Å². The van der Waals surface area contributed by atoms with E-state index in [2.05, 4.69) is 15.4 Å². The van der Waals surface area contributed by atoms with E-state index in [0.717, 1.165) is 17.0 Å². The van der Waals surface area contributed by atoms with Crippen LogP contribution >= 0.6 is 0 Å². The Kier molecular flexibility index (Phi) is 5.70. The smallest absolute Gasteiger partial charge is 0.335 e. The Morgan fingerprint density at radius 1 is 1.35 bits per heavy atom. The molecule has 0 saturated heterocycles. The van der Waals surface area contributed by atoms with Gasteiger partial charge in [0.2, 0.25) is 5.95 Å². The van der Waals surface area contributed by atoms with Gasteiger partial charge in [-0.05, 0) is 12.5 Å². The molecule has 0 radical (unpaired) electrons. The Morgan fingerprint density at radius 2 is 2.04 bits per heavy atom. The van der Waals surface area contributed by atoms with Crippen molar-refractivity contribution in [2.24, 2.45) is 7.05 Å². The summed E-state index contributed by atoms with van der Waals surface area (Å²) >= 11 is 0. The number of nitrogens with zero attached hydrogens (tertiary/aromatic N) is 3. The van der Waals surface area contributed by atoms with Crippen molar-refractivity contribution in [3.8, 4) is 11.4 Å². The number of nitrogens with one attached hydrogen (secondary N) is 1.